The molecule has 11 heteroatoms. The van der Waals surface area contributed by atoms with E-state index >= 15 is 0 Å². The topological polar surface area (TPSA) is 87.2 Å². The molecule has 0 radical (unpaired) electrons. The maximum atomic E-state index is 12.7. The van der Waals surface area contributed by atoms with Crippen LogP contribution in [0.2, 0.25) is 0 Å². The number of aromatic nitrogens is 4. The number of anilines is 1. The minimum atomic E-state index is -4.71. The number of nitrogens with one attached hydrogen (secondary N) is 1. The van der Waals surface area contributed by atoms with Gasteiger partial charge in [0.2, 0.25) is 0 Å². The number of alkyl halides is 3. The molecule has 2 aromatic carbocycles. The average Bonchev–Trinajstić information content (AvgIpc) is 3.43. The van der Waals surface area contributed by atoms with Crippen molar-refractivity contribution in [3.63, 3.8) is 0 Å². The lowest BCUT2D eigenvalue weighted by Crippen LogP contribution is -2.60. The SMILES string of the molecule is CC(C)(C)C1CCC2(CC1)CCN(c1ccc(OC(F)(F)F)cc1)CN2Cc1ccc(C(=O)Cc2nn[nH]n2)cc1. The van der Waals surface area contributed by atoms with Gasteiger partial charge in [-0.3, -0.25) is 9.69 Å². The molecule has 1 aliphatic carbocycles. The predicted molar refractivity (Wildman–Crippen MR) is 148 cm³/mol. The van der Waals surface area contributed by atoms with Gasteiger partial charge in [0.05, 0.1) is 13.1 Å². The minimum absolute atomic E-state index is 0.0602. The lowest BCUT2D eigenvalue weighted by Gasteiger charge is -2.55. The molecule has 1 aromatic heterocycles. The Bertz CT molecular complexity index is 1300. The van der Waals surface area contributed by atoms with E-state index in [1.807, 2.05) is 24.3 Å². The number of aromatic amines is 1. The molecule has 2 heterocycles. The molecule has 0 bridgehead atoms. The second kappa shape index (κ2) is 11.4. The Labute approximate surface area is 238 Å². The number of Topliss-reactive ketones (excluding diaryl/α,β-unsaturated/α-hetero) is 1. The molecule has 220 valence electrons. The molecule has 1 saturated heterocycles. The molecular formula is C30H37F3N6O2. The third-order valence-electron chi connectivity index (χ3n) is 8.79. The number of hydrogen-bond acceptors (Lipinski definition) is 7. The van der Waals surface area contributed by atoms with Gasteiger partial charge in [0.1, 0.15) is 5.75 Å². The number of tetrazole rings is 1. The number of hydrogen-bond donors (Lipinski definition) is 1. The van der Waals surface area contributed by atoms with Gasteiger partial charge in [0.25, 0.3) is 0 Å². The number of ether oxygens (including phenoxy) is 1. The second-order valence-corrected chi connectivity index (χ2v) is 12.4. The molecule has 1 N–H and O–H groups in total. The van der Waals surface area contributed by atoms with Crippen molar-refractivity contribution in [3.8, 4) is 5.75 Å². The second-order valence-electron chi connectivity index (χ2n) is 12.4. The fourth-order valence-electron chi connectivity index (χ4n) is 6.32. The van der Waals surface area contributed by atoms with Crippen molar-refractivity contribution in [3.05, 3.63) is 65.5 Å². The van der Waals surface area contributed by atoms with Gasteiger partial charge in [-0.15, -0.1) is 23.4 Å². The van der Waals surface area contributed by atoms with Gasteiger partial charge in [-0.2, -0.15) is 5.21 Å². The Morgan fingerprint density at radius 1 is 1.02 bits per heavy atom. The van der Waals surface area contributed by atoms with Crippen LogP contribution in [0.25, 0.3) is 0 Å². The van der Waals surface area contributed by atoms with Crippen molar-refractivity contribution < 1.29 is 22.7 Å². The van der Waals surface area contributed by atoms with Gasteiger partial charge >= 0.3 is 6.36 Å². The molecule has 1 spiro atoms. The Kier molecular flexibility index (Phi) is 8.09. The van der Waals surface area contributed by atoms with Crippen LogP contribution in [0.1, 0.15) is 74.6 Å². The molecule has 3 aromatic rings. The molecule has 0 amide bonds. The summed E-state index contributed by atoms with van der Waals surface area (Å²) in [6.07, 6.45) is 0.924. The summed E-state index contributed by atoms with van der Waals surface area (Å²) in [6, 6.07) is 13.8. The zero-order valence-electron chi connectivity index (χ0n) is 23.7. The van der Waals surface area contributed by atoms with Crippen LogP contribution in [0.5, 0.6) is 5.75 Å². The van der Waals surface area contributed by atoms with Crippen LogP contribution in [-0.2, 0) is 13.0 Å². The fourth-order valence-corrected chi connectivity index (χ4v) is 6.32. The van der Waals surface area contributed by atoms with E-state index in [1.165, 1.54) is 25.0 Å². The molecule has 0 unspecified atom stereocenters. The van der Waals surface area contributed by atoms with Gasteiger partial charge < -0.3 is 9.64 Å². The van der Waals surface area contributed by atoms with Crippen molar-refractivity contribution in [2.75, 3.05) is 18.1 Å². The van der Waals surface area contributed by atoms with Crippen molar-refractivity contribution in [2.24, 2.45) is 11.3 Å². The molecule has 5 rings (SSSR count). The number of nitrogens with zero attached hydrogens (tertiary/aromatic N) is 5. The van der Waals surface area contributed by atoms with Crippen LogP contribution >= 0.6 is 0 Å². The number of benzene rings is 2. The monoisotopic (exact) mass is 570 g/mol. The Morgan fingerprint density at radius 3 is 2.29 bits per heavy atom. The number of carbonyl (C=O) groups excluding carboxylic acids is 1. The van der Waals surface area contributed by atoms with E-state index in [-0.39, 0.29) is 28.9 Å². The summed E-state index contributed by atoms with van der Waals surface area (Å²) in [5.41, 5.74) is 2.90. The predicted octanol–water partition coefficient (Wildman–Crippen LogP) is 6.17. The molecule has 0 atom stereocenters. The maximum absolute atomic E-state index is 12.7. The van der Waals surface area contributed by atoms with Crippen LogP contribution in [0.4, 0.5) is 18.9 Å². The molecule has 2 fully saturated rings. The highest BCUT2D eigenvalue weighted by atomic mass is 19.4. The summed E-state index contributed by atoms with van der Waals surface area (Å²) >= 11 is 0. The molecule has 2 aliphatic rings. The van der Waals surface area contributed by atoms with E-state index in [2.05, 4.69) is 55.9 Å². The van der Waals surface area contributed by atoms with Crippen molar-refractivity contribution in [2.45, 2.75) is 77.7 Å². The first kappa shape index (κ1) is 29.0. The quantitative estimate of drug-likeness (QED) is 0.340. The van der Waals surface area contributed by atoms with E-state index in [4.69, 9.17) is 0 Å². The summed E-state index contributed by atoms with van der Waals surface area (Å²) in [5.74, 6) is 0.745. The van der Waals surface area contributed by atoms with E-state index in [0.29, 0.717) is 30.5 Å². The van der Waals surface area contributed by atoms with Crippen molar-refractivity contribution in [1.82, 2.24) is 25.5 Å². The normalized spacial score (nSPS) is 22.2. The Balaban J connectivity index is 1.32. The van der Waals surface area contributed by atoms with Crippen LogP contribution in [0.15, 0.2) is 48.5 Å². The van der Waals surface area contributed by atoms with Crippen LogP contribution < -0.4 is 9.64 Å². The first-order valence-electron chi connectivity index (χ1n) is 14.1. The average molecular weight is 571 g/mol. The third kappa shape index (κ3) is 7.06. The van der Waals surface area contributed by atoms with Gasteiger partial charge in [-0.05, 0) is 73.3 Å². The van der Waals surface area contributed by atoms with E-state index in [9.17, 15) is 18.0 Å². The summed E-state index contributed by atoms with van der Waals surface area (Å²) < 4.78 is 42.0. The van der Waals surface area contributed by atoms with Crippen molar-refractivity contribution >= 4 is 11.5 Å². The highest BCUT2D eigenvalue weighted by molar-refractivity contribution is 5.97. The summed E-state index contributed by atoms with van der Waals surface area (Å²) in [5, 5.41) is 13.6. The summed E-state index contributed by atoms with van der Waals surface area (Å²) in [7, 11) is 0. The van der Waals surface area contributed by atoms with Gasteiger partial charge in [0.15, 0.2) is 11.6 Å². The van der Waals surface area contributed by atoms with E-state index in [1.54, 1.807) is 12.1 Å². The Morgan fingerprint density at radius 2 is 1.71 bits per heavy atom. The lowest BCUT2D eigenvalue weighted by atomic mass is 9.65. The van der Waals surface area contributed by atoms with Crippen LogP contribution in [0.3, 0.4) is 0 Å². The van der Waals surface area contributed by atoms with Gasteiger partial charge in [-0.25, -0.2) is 0 Å². The largest absolute Gasteiger partial charge is 0.573 e. The first-order chi connectivity index (χ1) is 19.4. The molecule has 8 nitrogen and oxygen atoms in total. The third-order valence-corrected chi connectivity index (χ3v) is 8.79. The van der Waals surface area contributed by atoms with Crippen LogP contribution in [0, 0.1) is 11.3 Å². The number of ketones is 1. The summed E-state index contributed by atoms with van der Waals surface area (Å²) in [6.45, 7) is 9.18. The van der Waals surface area contributed by atoms with E-state index < -0.39 is 6.36 Å². The highest BCUT2D eigenvalue weighted by Crippen LogP contribution is 2.47. The maximum Gasteiger partial charge on any atom is 0.573 e. The number of carbonyl (C=O) groups is 1. The van der Waals surface area contributed by atoms with E-state index in [0.717, 1.165) is 37.1 Å². The number of rotatable bonds is 7. The Hall–Kier alpha value is -3.47. The zero-order valence-corrected chi connectivity index (χ0v) is 23.7. The van der Waals surface area contributed by atoms with Gasteiger partial charge in [0, 0.05) is 29.9 Å². The zero-order chi connectivity index (χ0) is 29.3. The molecular weight excluding hydrogens is 533 g/mol. The highest BCUT2D eigenvalue weighted by Gasteiger charge is 2.45. The number of halogens is 3. The van der Waals surface area contributed by atoms with Crippen molar-refractivity contribution in [1.29, 1.82) is 0 Å². The fraction of sp³-hybridized carbons (Fsp3) is 0.533. The smallest absolute Gasteiger partial charge is 0.406 e. The standard InChI is InChI=1S/C30H37F3N6O2/c1-28(2,3)23-12-14-29(15-13-23)16-17-38(24-8-10-25(11-9-24)41-30(31,32)33)20-39(29)19-21-4-6-22(7-5-21)26(40)18-27-34-36-37-35-27/h4-11,23H,12-20H2,1-3H3,(H,34,35,36,37). The summed E-state index contributed by atoms with van der Waals surface area (Å²) in [4.78, 5) is 17.4. The number of H-pyrrole nitrogens is 1. The molecule has 41 heavy (non-hydrogen) atoms. The van der Waals surface area contributed by atoms with Gasteiger partial charge in [-0.1, -0.05) is 50.3 Å². The van der Waals surface area contributed by atoms with Crippen LogP contribution in [-0.4, -0.2) is 56.4 Å². The lowest BCUT2D eigenvalue weighted by molar-refractivity contribution is -0.274. The molecule has 1 aliphatic heterocycles. The minimum Gasteiger partial charge on any atom is -0.406 e. The first-order valence-corrected chi connectivity index (χ1v) is 14.1. The molecule has 1 saturated carbocycles.